The zero-order valence-corrected chi connectivity index (χ0v) is 7.29. The van der Waals surface area contributed by atoms with Gasteiger partial charge in [0.1, 0.15) is 0 Å². The van der Waals surface area contributed by atoms with Crippen LogP contribution in [0.15, 0.2) is 29.1 Å². The molecule has 0 amide bonds. The largest absolute Gasteiger partial charge is 0.398 e. The molecule has 0 aliphatic carbocycles. The predicted octanol–water partition coefficient (Wildman–Crippen LogP) is 1.42. The van der Waals surface area contributed by atoms with Gasteiger partial charge in [-0.15, -0.1) is 0 Å². The van der Waals surface area contributed by atoms with Crippen LogP contribution in [0.4, 0.5) is 5.69 Å². The van der Waals surface area contributed by atoms with E-state index in [-0.39, 0.29) is 5.56 Å². The summed E-state index contributed by atoms with van der Waals surface area (Å²) in [5.41, 5.74) is 8.20. The topological polar surface area (TPSA) is 58.9 Å². The summed E-state index contributed by atoms with van der Waals surface area (Å²) in [6, 6.07) is 6.97. The van der Waals surface area contributed by atoms with Gasteiger partial charge in [0.2, 0.25) is 5.56 Å². The number of aromatic nitrogens is 1. The van der Waals surface area contributed by atoms with Gasteiger partial charge in [-0.25, -0.2) is 0 Å². The third-order valence-electron chi connectivity index (χ3n) is 2.14. The number of aryl methyl sites for hydroxylation is 1. The van der Waals surface area contributed by atoms with Gasteiger partial charge >= 0.3 is 0 Å². The molecule has 0 saturated heterocycles. The van der Waals surface area contributed by atoms with E-state index in [0.29, 0.717) is 5.69 Å². The monoisotopic (exact) mass is 174 g/mol. The number of anilines is 1. The second kappa shape index (κ2) is 2.62. The molecule has 0 atom stereocenters. The Bertz CT molecular complexity index is 514. The first kappa shape index (κ1) is 7.86. The van der Waals surface area contributed by atoms with Crippen molar-refractivity contribution in [2.45, 2.75) is 6.92 Å². The third kappa shape index (κ3) is 1.18. The first-order valence-electron chi connectivity index (χ1n) is 4.06. The molecule has 1 aromatic carbocycles. The average molecular weight is 174 g/mol. The highest BCUT2D eigenvalue weighted by Gasteiger charge is 2.00. The number of fused-ring (bicyclic) bond motifs is 1. The van der Waals surface area contributed by atoms with Gasteiger partial charge in [-0.2, -0.15) is 0 Å². The highest BCUT2D eigenvalue weighted by Crippen LogP contribution is 2.20. The number of nitrogen functional groups attached to an aromatic ring is 1. The van der Waals surface area contributed by atoms with E-state index in [0.717, 1.165) is 16.5 Å². The van der Waals surface area contributed by atoms with Gasteiger partial charge in [-0.3, -0.25) is 4.79 Å². The van der Waals surface area contributed by atoms with Crippen LogP contribution in [0.1, 0.15) is 5.56 Å². The van der Waals surface area contributed by atoms with Crippen molar-refractivity contribution >= 4 is 16.6 Å². The fourth-order valence-electron chi connectivity index (χ4n) is 1.41. The smallest absolute Gasteiger partial charge is 0.248 e. The Morgan fingerprint density at radius 3 is 2.77 bits per heavy atom. The van der Waals surface area contributed by atoms with Crippen LogP contribution in [-0.4, -0.2) is 4.98 Å². The van der Waals surface area contributed by atoms with E-state index in [1.807, 2.05) is 19.1 Å². The zero-order chi connectivity index (χ0) is 9.42. The number of nitrogens with two attached hydrogens (primary N) is 1. The minimum atomic E-state index is -0.0961. The molecule has 13 heavy (non-hydrogen) atoms. The molecule has 0 radical (unpaired) electrons. The van der Waals surface area contributed by atoms with Crippen LogP contribution in [0.25, 0.3) is 10.9 Å². The highest BCUT2D eigenvalue weighted by atomic mass is 16.1. The lowest BCUT2D eigenvalue weighted by Gasteiger charge is -2.03. The maximum atomic E-state index is 11.1. The molecule has 3 N–H and O–H groups in total. The summed E-state index contributed by atoms with van der Waals surface area (Å²) in [6.45, 7) is 1.94. The molecule has 2 aromatic rings. The van der Waals surface area contributed by atoms with Crippen LogP contribution in [0.3, 0.4) is 0 Å². The number of hydrogen-bond donors (Lipinski definition) is 2. The summed E-state index contributed by atoms with van der Waals surface area (Å²) in [4.78, 5) is 13.8. The van der Waals surface area contributed by atoms with Crippen molar-refractivity contribution in [3.8, 4) is 0 Å². The molecule has 66 valence electrons. The van der Waals surface area contributed by atoms with Gasteiger partial charge in [0.15, 0.2) is 0 Å². The summed E-state index contributed by atoms with van der Waals surface area (Å²) in [5.74, 6) is 0. The number of hydrogen-bond acceptors (Lipinski definition) is 2. The summed E-state index contributed by atoms with van der Waals surface area (Å²) in [6.07, 6.45) is 0. The van der Waals surface area contributed by atoms with Gasteiger partial charge < -0.3 is 10.7 Å². The Balaban J connectivity index is 3.00. The Kier molecular flexibility index (Phi) is 1.59. The fraction of sp³-hybridized carbons (Fsp3) is 0.100. The zero-order valence-electron chi connectivity index (χ0n) is 7.29. The van der Waals surface area contributed by atoms with Gasteiger partial charge in [0.25, 0.3) is 0 Å². The summed E-state index contributed by atoms with van der Waals surface area (Å²) in [5, 5.41) is 0.902. The second-order valence-corrected chi connectivity index (χ2v) is 3.08. The minimum absolute atomic E-state index is 0.0961. The van der Waals surface area contributed by atoms with Crippen molar-refractivity contribution in [3.05, 3.63) is 40.2 Å². The molecule has 0 saturated carbocycles. The predicted molar refractivity (Wildman–Crippen MR) is 53.7 cm³/mol. The fourth-order valence-corrected chi connectivity index (χ4v) is 1.41. The van der Waals surface area contributed by atoms with Crippen LogP contribution in [0.2, 0.25) is 0 Å². The van der Waals surface area contributed by atoms with Crippen LogP contribution in [0.5, 0.6) is 0 Å². The SMILES string of the molecule is Cc1ccc(N)c2ccc(=O)[nH]c12. The van der Waals surface area contributed by atoms with E-state index in [1.165, 1.54) is 6.07 Å². The van der Waals surface area contributed by atoms with Gasteiger partial charge in [-0.05, 0) is 24.6 Å². The van der Waals surface area contributed by atoms with Crippen molar-refractivity contribution in [1.29, 1.82) is 0 Å². The molecular weight excluding hydrogens is 164 g/mol. The van der Waals surface area contributed by atoms with Crippen molar-refractivity contribution in [1.82, 2.24) is 4.98 Å². The Morgan fingerprint density at radius 2 is 2.00 bits per heavy atom. The summed E-state index contributed by atoms with van der Waals surface area (Å²) >= 11 is 0. The van der Waals surface area contributed by atoms with E-state index in [9.17, 15) is 4.79 Å². The Morgan fingerprint density at radius 1 is 1.23 bits per heavy atom. The first-order chi connectivity index (χ1) is 6.18. The molecule has 3 heteroatoms. The van der Waals surface area contributed by atoms with Crippen molar-refractivity contribution in [3.63, 3.8) is 0 Å². The number of pyridine rings is 1. The van der Waals surface area contributed by atoms with Crippen LogP contribution >= 0.6 is 0 Å². The molecule has 2 rings (SSSR count). The van der Waals surface area contributed by atoms with Gasteiger partial charge in [0, 0.05) is 17.1 Å². The van der Waals surface area contributed by atoms with E-state index < -0.39 is 0 Å². The molecule has 0 spiro atoms. The minimum Gasteiger partial charge on any atom is -0.398 e. The van der Waals surface area contributed by atoms with E-state index >= 15 is 0 Å². The van der Waals surface area contributed by atoms with Crippen molar-refractivity contribution in [2.75, 3.05) is 5.73 Å². The van der Waals surface area contributed by atoms with Crippen molar-refractivity contribution in [2.24, 2.45) is 0 Å². The number of aromatic amines is 1. The number of nitrogens with one attached hydrogen (secondary N) is 1. The van der Waals surface area contributed by atoms with Crippen molar-refractivity contribution < 1.29 is 0 Å². The van der Waals surface area contributed by atoms with Crippen LogP contribution in [-0.2, 0) is 0 Å². The first-order valence-corrected chi connectivity index (χ1v) is 4.06. The molecule has 1 aromatic heterocycles. The molecule has 0 aliphatic rings. The van der Waals surface area contributed by atoms with Gasteiger partial charge in [-0.1, -0.05) is 6.07 Å². The Labute approximate surface area is 75.2 Å². The number of H-pyrrole nitrogens is 1. The molecule has 1 heterocycles. The number of rotatable bonds is 0. The maximum Gasteiger partial charge on any atom is 0.248 e. The summed E-state index contributed by atoms with van der Waals surface area (Å²) in [7, 11) is 0. The molecule has 0 fully saturated rings. The number of benzene rings is 1. The Hall–Kier alpha value is -1.77. The lowest BCUT2D eigenvalue weighted by atomic mass is 10.1. The molecular formula is C10H10N2O. The van der Waals surface area contributed by atoms with Crippen LogP contribution in [0, 0.1) is 6.92 Å². The molecule has 0 aliphatic heterocycles. The quantitative estimate of drug-likeness (QED) is 0.593. The van der Waals surface area contributed by atoms with E-state index in [2.05, 4.69) is 4.98 Å². The molecule has 0 unspecified atom stereocenters. The van der Waals surface area contributed by atoms with Gasteiger partial charge in [0.05, 0.1) is 5.52 Å². The lowest BCUT2D eigenvalue weighted by molar-refractivity contribution is 1.28. The molecule has 3 nitrogen and oxygen atoms in total. The highest BCUT2D eigenvalue weighted by molar-refractivity contribution is 5.91. The third-order valence-corrected chi connectivity index (χ3v) is 2.14. The standard InChI is InChI=1S/C10H10N2O/c1-6-2-4-8(11)7-3-5-9(13)12-10(6)7/h2-5H,11H2,1H3,(H,12,13). The summed E-state index contributed by atoms with van der Waals surface area (Å²) < 4.78 is 0. The lowest BCUT2D eigenvalue weighted by Crippen LogP contribution is -2.04. The van der Waals surface area contributed by atoms with E-state index in [4.69, 9.17) is 5.73 Å². The molecule has 0 bridgehead atoms. The van der Waals surface area contributed by atoms with Crippen LogP contribution < -0.4 is 11.3 Å². The second-order valence-electron chi connectivity index (χ2n) is 3.08. The average Bonchev–Trinajstić information content (AvgIpc) is 2.12. The normalized spacial score (nSPS) is 10.5. The maximum absolute atomic E-state index is 11.1. The van der Waals surface area contributed by atoms with E-state index in [1.54, 1.807) is 6.07 Å².